The summed E-state index contributed by atoms with van der Waals surface area (Å²) in [5, 5.41) is 9.15. The minimum Gasteiger partial charge on any atom is -0.480 e. The molecule has 0 saturated carbocycles. The van der Waals surface area contributed by atoms with Gasteiger partial charge in [-0.3, -0.25) is 4.79 Å². The van der Waals surface area contributed by atoms with Crippen molar-refractivity contribution in [1.82, 2.24) is 4.98 Å². The van der Waals surface area contributed by atoms with E-state index in [0.29, 0.717) is 32.7 Å². The van der Waals surface area contributed by atoms with E-state index in [4.69, 9.17) is 33.1 Å². The second-order valence-electron chi connectivity index (χ2n) is 6.81. The topological polar surface area (TPSA) is 111 Å². The molecule has 0 bridgehead atoms. The molecule has 0 aliphatic carbocycles. The molecule has 0 saturated heterocycles. The number of amides is 1. The van der Waals surface area contributed by atoms with Crippen LogP contribution in [0.4, 0.5) is 5.69 Å². The van der Waals surface area contributed by atoms with Crippen molar-refractivity contribution in [3.05, 3.63) is 57.2 Å². The third-order valence-electron chi connectivity index (χ3n) is 4.57. The van der Waals surface area contributed by atoms with Gasteiger partial charge in [0.05, 0.1) is 14.9 Å². The van der Waals surface area contributed by atoms with Gasteiger partial charge in [0, 0.05) is 16.8 Å². The minimum absolute atomic E-state index is 0.0896. The lowest BCUT2D eigenvalue weighted by Gasteiger charge is -2.14. The molecule has 7 nitrogen and oxygen atoms in total. The average Bonchev–Trinajstić information content (AvgIpc) is 2.64. The van der Waals surface area contributed by atoms with Gasteiger partial charge >= 0.3 is 0 Å². The number of anilines is 1. The Labute approximate surface area is 184 Å². The van der Waals surface area contributed by atoms with Crippen molar-refractivity contribution in [2.24, 2.45) is 5.14 Å². The molecule has 158 valence electrons. The number of benzene rings is 2. The zero-order chi connectivity index (χ0) is 22.2. The van der Waals surface area contributed by atoms with Crippen LogP contribution < -0.4 is 15.2 Å². The number of ether oxygens (including phenoxy) is 1. The molecule has 0 radical (unpaired) electrons. The Kier molecular flexibility index (Phi) is 6.24. The fourth-order valence-electron chi connectivity index (χ4n) is 2.87. The number of aromatic nitrogens is 1. The first kappa shape index (κ1) is 22.3. The molecular weight excluding hydrogens is 449 g/mol. The molecule has 0 fully saturated rings. The van der Waals surface area contributed by atoms with E-state index in [1.54, 1.807) is 19.9 Å². The number of hydrogen-bond donors (Lipinski definition) is 2. The van der Waals surface area contributed by atoms with Crippen molar-refractivity contribution >= 4 is 55.7 Å². The summed E-state index contributed by atoms with van der Waals surface area (Å²) in [6.45, 7) is 4.93. The highest BCUT2D eigenvalue weighted by Crippen LogP contribution is 2.37. The van der Waals surface area contributed by atoms with Crippen LogP contribution in [0.5, 0.6) is 5.75 Å². The first-order valence-electron chi connectivity index (χ1n) is 8.79. The van der Waals surface area contributed by atoms with E-state index < -0.39 is 15.9 Å². The number of hydrogen-bond acceptors (Lipinski definition) is 5. The molecule has 3 rings (SSSR count). The molecule has 0 atom stereocenters. The first-order chi connectivity index (χ1) is 14.0. The van der Waals surface area contributed by atoms with Gasteiger partial charge in [-0.05, 0) is 62.2 Å². The van der Waals surface area contributed by atoms with Gasteiger partial charge in [0.2, 0.25) is 10.0 Å². The van der Waals surface area contributed by atoms with Crippen molar-refractivity contribution < 1.29 is 17.9 Å². The fourth-order valence-corrected chi connectivity index (χ4v) is 4.07. The lowest BCUT2D eigenvalue weighted by Crippen LogP contribution is -2.22. The number of aryl methyl sites for hydroxylation is 2. The number of nitrogens with zero attached hydrogens (tertiary/aromatic N) is 1. The maximum absolute atomic E-state index is 12.5. The normalized spacial score (nSPS) is 11.5. The minimum atomic E-state index is -3.91. The quantitative estimate of drug-likeness (QED) is 0.585. The number of nitrogens with two attached hydrogens (primary N) is 1. The van der Waals surface area contributed by atoms with Crippen LogP contribution in [0.3, 0.4) is 0 Å². The van der Waals surface area contributed by atoms with E-state index in [1.165, 1.54) is 18.2 Å². The predicted molar refractivity (Wildman–Crippen MR) is 118 cm³/mol. The Hall–Kier alpha value is -2.39. The molecule has 3 N–H and O–H groups in total. The van der Waals surface area contributed by atoms with Crippen LogP contribution in [0.1, 0.15) is 16.8 Å². The van der Waals surface area contributed by atoms with Gasteiger partial charge in [-0.15, -0.1) is 0 Å². The van der Waals surface area contributed by atoms with Gasteiger partial charge in [-0.1, -0.05) is 23.2 Å². The fraction of sp³-hybridized carbons (Fsp3) is 0.200. The summed E-state index contributed by atoms with van der Waals surface area (Å²) in [6, 6.07) is 7.89. The summed E-state index contributed by atoms with van der Waals surface area (Å²) in [5.74, 6) is -0.267. The van der Waals surface area contributed by atoms with Crippen LogP contribution in [-0.2, 0) is 14.8 Å². The maximum atomic E-state index is 12.5. The summed E-state index contributed by atoms with van der Waals surface area (Å²) in [7, 11) is -3.91. The highest BCUT2D eigenvalue weighted by atomic mass is 35.5. The zero-order valence-electron chi connectivity index (χ0n) is 16.4. The number of rotatable bonds is 5. The van der Waals surface area contributed by atoms with Crippen LogP contribution in [0.2, 0.25) is 10.0 Å². The lowest BCUT2D eigenvalue weighted by atomic mass is 10.1. The molecule has 0 spiro atoms. The summed E-state index contributed by atoms with van der Waals surface area (Å²) in [5.41, 5.74) is 2.89. The van der Waals surface area contributed by atoms with Crippen LogP contribution >= 0.6 is 23.2 Å². The zero-order valence-corrected chi connectivity index (χ0v) is 18.7. The van der Waals surface area contributed by atoms with E-state index in [9.17, 15) is 13.2 Å². The highest BCUT2D eigenvalue weighted by Gasteiger charge is 2.17. The van der Waals surface area contributed by atoms with Gasteiger partial charge < -0.3 is 10.1 Å². The SMILES string of the molecule is Cc1ccc2c(Cl)cc(Cl)c(OCC(=O)Nc3cc(S(N)(=O)=O)cc(C)c3C)c2n1. The molecule has 0 unspecified atom stereocenters. The molecule has 30 heavy (non-hydrogen) atoms. The van der Waals surface area contributed by atoms with Crippen molar-refractivity contribution in [2.45, 2.75) is 25.7 Å². The molecule has 1 amide bonds. The third kappa shape index (κ3) is 4.67. The summed E-state index contributed by atoms with van der Waals surface area (Å²) >= 11 is 12.5. The van der Waals surface area contributed by atoms with E-state index in [1.807, 2.05) is 13.0 Å². The lowest BCUT2D eigenvalue weighted by molar-refractivity contribution is -0.118. The number of primary sulfonamides is 1. The first-order valence-corrected chi connectivity index (χ1v) is 11.1. The molecule has 2 aromatic carbocycles. The molecule has 3 aromatic rings. The van der Waals surface area contributed by atoms with Gasteiger partial charge in [-0.25, -0.2) is 18.5 Å². The van der Waals surface area contributed by atoms with E-state index >= 15 is 0 Å². The number of carbonyl (C=O) groups excluding carboxylic acids is 1. The summed E-state index contributed by atoms with van der Waals surface area (Å²) in [6.07, 6.45) is 0. The Bertz CT molecular complexity index is 1280. The van der Waals surface area contributed by atoms with Gasteiger partial charge in [0.15, 0.2) is 12.4 Å². The second-order valence-corrected chi connectivity index (χ2v) is 9.19. The monoisotopic (exact) mass is 467 g/mol. The van der Waals surface area contributed by atoms with Crippen LogP contribution in [-0.4, -0.2) is 25.9 Å². The van der Waals surface area contributed by atoms with Crippen molar-refractivity contribution in [3.8, 4) is 5.75 Å². The third-order valence-corrected chi connectivity index (χ3v) is 6.05. The van der Waals surface area contributed by atoms with Crippen molar-refractivity contribution in [1.29, 1.82) is 0 Å². The molecule has 1 aromatic heterocycles. The van der Waals surface area contributed by atoms with E-state index in [-0.39, 0.29) is 22.3 Å². The molecule has 10 heteroatoms. The predicted octanol–water partition coefficient (Wildman–Crippen LogP) is 4.13. The number of fused-ring (bicyclic) bond motifs is 1. The Morgan fingerprint density at radius 2 is 1.83 bits per heavy atom. The highest BCUT2D eigenvalue weighted by molar-refractivity contribution is 7.89. The number of halogens is 2. The van der Waals surface area contributed by atoms with Crippen LogP contribution in [0.25, 0.3) is 10.9 Å². The van der Waals surface area contributed by atoms with E-state index in [2.05, 4.69) is 10.3 Å². The smallest absolute Gasteiger partial charge is 0.262 e. The second kappa shape index (κ2) is 8.39. The Morgan fingerprint density at radius 1 is 1.13 bits per heavy atom. The number of pyridine rings is 1. The Morgan fingerprint density at radius 3 is 2.50 bits per heavy atom. The molecule has 1 heterocycles. The standard InChI is InChI=1S/C20H19Cl2N3O4S/c1-10-6-13(30(23,27)28)7-17(12(10)3)25-18(26)9-29-20-16(22)8-15(21)14-5-4-11(2)24-19(14)20/h4-8H,9H2,1-3H3,(H,25,26)(H2,23,27,28). The van der Waals surface area contributed by atoms with Crippen LogP contribution in [0.15, 0.2) is 35.2 Å². The van der Waals surface area contributed by atoms with Gasteiger partial charge in [0.1, 0.15) is 5.52 Å². The summed E-state index contributed by atoms with van der Waals surface area (Å²) < 4.78 is 29.0. The number of nitrogens with one attached hydrogen (secondary N) is 1. The van der Waals surface area contributed by atoms with Gasteiger partial charge in [0.25, 0.3) is 5.91 Å². The van der Waals surface area contributed by atoms with Crippen LogP contribution in [0, 0.1) is 20.8 Å². The molecule has 0 aliphatic rings. The molecule has 0 aliphatic heterocycles. The van der Waals surface area contributed by atoms with Gasteiger partial charge in [-0.2, -0.15) is 0 Å². The maximum Gasteiger partial charge on any atom is 0.262 e. The Balaban J connectivity index is 1.86. The average molecular weight is 468 g/mol. The van der Waals surface area contributed by atoms with Crippen molar-refractivity contribution in [3.63, 3.8) is 0 Å². The largest absolute Gasteiger partial charge is 0.480 e. The van der Waals surface area contributed by atoms with Crippen molar-refractivity contribution in [2.75, 3.05) is 11.9 Å². The number of sulfonamides is 1. The number of carbonyl (C=O) groups is 1. The molecular formula is C20H19Cl2N3O4S. The summed E-state index contributed by atoms with van der Waals surface area (Å²) in [4.78, 5) is 16.8. The van der Waals surface area contributed by atoms with E-state index in [0.717, 1.165) is 5.69 Å².